The second-order valence-corrected chi connectivity index (χ2v) is 4.06. The molecule has 1 aliphatic heterocycles. The molecule has 1 N–H and O–H groups in total. The van der Waals surface area contributed by atoms with E-state index < -0.39 is 5.97 Å². The lowest BCUT2D eigenvalue weighted by Crippen LogP contribution is -2.32. The number of rotatable bonds is 1. The Kier molecular flexibility index (Phi) is 2.42. The molecule has 4 nitrogen and oxygen atoms in total. The summed E-state index contributed by atoms with van der Waals surface area (Å²) in [5, 5.41) is 8.95. The van der Waals surface area contributed by atoms with Gasteiger partial charge in [0, 0.05) is 19.2 Å². The highest BCUT2D eigenvalue weighted by Crippen LogP contribution is 2.31. The summed E-state index contributed by atoms with van der Waals surface area (Å²) in [4.78, 5) is 24.1. The summed E-state index contributed by atoms with van der Waals surface area (Å²) in [6, 6.07) is 3.27. The standard InChI is InChI=1S/C12H13NO3/c1-7-5-9(12(15)16)6-8-3-4-10(14)13(2)11(7)8/h5-6H,3-4H2,1-2H3,(H,15,16). The van der Waals surface area contributed by atoms with Crippen LogP contribution in [0.15, 0.2) is 12.1 Å². The van der Waals surface area contributed by atoms with Crippen LogP contribution in [0.3, 0.4) is 0 Å². The fourth-order valence-electron chi connectivity index (χ4n) is 2.18. The van der Waals surface area contributed by atoms with E-state index in [1.807, 2.05) is 6.92 Å². The first kappa shape index (κ1) is 10.7. The number of amides is 1. The molecule has 0 aromatic heterocycles. The summed E-state index contributed by atoms with van der Waals surface area (Å²) in [6.45, 7) is 1.83. The molecule has 4 heteroatoms. The molecular formula is C12H13NO3. The third kappa shape index (κ3) is 1.56. The maximum Gasteiger partial charge on any atom is 0.335 e. The zero-order valence-corrected chi connectivity index (χ0v) is 9.28. The van der Waals surface area contributed by atoms with Gasteiger partial charge in [-0.25, -0.2) is 4.79 Å². The van der Waals surface area contributed by atoms with Crippen molar-refractivity contribution in [3.63, 3.8) is 0 Å². The van der Waals surface area contributed by atoms with Crippen molar-refractivity contribution in [2.75, 3.05) is 11.9 Å². The van der Waals surface area contributed by atoms with E-state index in [0.29, 0.717) is 18.4 Å². The number of carboxylic acids is 1. The van der Waals surface area contributed by atoms with Crippen molar-refractivity contribution < 1.29 is 14.7 Å². The van der Waals surface area contributed by atoms with E-state index >= 15 is 0 Å². The average Bonchev–Trinajstić information content (AvgIpc) is 2.22. The van der Waals surface area contributed by atoms with E-state index in [9.17, 15) is 9.59 Å². The SMILES string of the molecule is Cc1cc(C(=O)O)cc2c1N(C)C(=O)CC2. The zero-order valence-electron chi connectivity index (χ0n) is 9.28. The number of carbonyl (C=O) groups is 2. The fraction of sp³-hybridized carbons (Fsp3) is 0.333. The van der Waals surface area contributed by atoms with Crippen molar-refractivity contribution in [3.8, 4) is 0 Å². The molecule has 1 heterocycles. The highest BCUT2D eigenvalue weighted by Gasteiger charge is 2.23. The van der Waals surface area contributed by atoms with Crippen LogP contribution in [-0.2, 0) is 11.2 Å². The number of benzene rings is 1. The van der Waals surface area contributed by atoms with Gasteiger partial charge in [-0.3, -0.25) is 4.79 Å². The molecule has 0 saturated carbocycles. The van der Waals surface area contributed by atoms with Gasteiger partial charge >= 0.3 is 5.97 Å². The van der Waals surface area contributed by atoms with E-state index in [2.05, 4.69) is 0 Å². The van der Waals surface area contributed by atoms with Crippen molar-refractivity contribution in [2.24, 2.45) is 0 Å². The van der Waals surface area contributed by atoms with Gasteiger partial charge < -0.3 is 10.0 Å². The van der Waals surface area contributed by atoms with E-state index in [0.717, 1.165) is 16.8 Å². The highest BCUT2D eigenvalue weighted by molar-refractivity contribution is 5.98. The van der Waals surface area contributed by atoms with E-state index in [4.69, 9.17) is 5.11 Å². The van der Waals surface area contributed by atoms with Gasteiger partial charge in [-0.05, 0) is 36.6 Å². The van der Waals surface area contributed by atoms with Gasteiger partial charge in [0.05, 0.1) is 5.56 Å². The molecule has 1 aliphatic rings. The van der Waals surface area contributed by atoms with Gasteiger partial charge in [-0.1, -0.05) is 0 Å². The second-order valence-electron chi connectivity index (χ2n) is 4.06. The number of aromatic carboxylic acids is 1. The summed E-state index contributed by atoms with van der Waals surface area (Å²) in [5.41, 5.74) is 2.94. The van der Waals surface area contributed by atoms with Crippen LogP contribution < -0.4 is 4.90 Å². The Morgan fingerprint density at radius 3 is 2.69 bits per heavy atom. The monoisotopic (exact) mass is 219 g/mol. The molecule has 1 amide bonds. The molecule has 0 unspecified atom stereocenters. The summed E-state index contributed by atoms with van der Waals surface area (Å²) in [7, 11) is 1.73. The number of anilines is 1. The van der Waals surface area contributed by atoms with Gasteiger partial charge in [-0.2, -0.15) is 0 Å². The number of nitrogens with zero attached hydrogens (tertiary/aromatic N) is 1. The number of hydrogen-bond acceptors (Lipinski definition) is 2. The predicted molar refractivity (Wildman–Crippen MR) is 59.9 cm³/mol. The Balaban J connectivity index is 2.58. The first-order valence-electron chi connectivity index (χ1n) is 5.14. The van der Waals surface area contributed by atoms with Gasteiger partial charge in [-0.15, -0.1) is 0 Å². The minimum absolute atomic E-state index is 0.0821. The molecule has 0 saturated heterocycles. The van der Waals surface area contributed by atoms with Gasteiger partial charge in [0.15, 0.2) is 0 Å². The third-order valence-electron chi connectivity index (χ3n) is 2.94. The minimum atomic E-state index is -0.926. The lowest BCUT2D eigenvalue weighted by molar-refractivity contribution is -0.118. The maximum atomic E-state index is 11.5. The summed E-state index contributed by atoms with van der Waals surface area (Å²) in [5.74, 6) is -0.843. The Morgan fingerprint density at radius 1 is 1.38 bits per heavy atom. The smallest absolute Gasteiger partial charge is 0.335 e. The van der Waals surface area contributed by atoms with Crippen LogP contribution in [0.25, 0.3) is 0 Å². The lowest BCUT2D eigenvalue weighted by atomic mass is 9.95. The van der Waals surface area contributed by atoms with Gasteiger partial charge in [0.25, 0.3) is 0 Å². The molecule has 0 radical (unpaired) electrons. The maximum absolute atomic E-state index is 11.5. The van der Waals surface area contributed by atoms with Crippen LogP contribution >= 0.6 is 0 Å². The lowest BCUT2D eigenvalue weighted by Gasteiger charge is -2.27. The zero-order chi connectivity index (χ0) is 11.9. The number of carbonyl (C=O) groups excluding carboxylic acids is 1. The minimum Gasteiger partial charge on any atom is -0.478 e. The normalized spacial score (nSPS) is 14.9. The number of carboxylic acid groups (broad SMARTS) is 1. The van der Waals surface area contributed by atoms with Gasteiger partial charge in [0.2, 0.25) is 5.91 Å². The van der Waals surface area contributed by atoms with E-state index in [-0.39, 0.29) is 5.91 Å². The molecule has 0 spiro atoms. The van der Waals surface area contributed by atoms with Crippen molar-refractivity contribution >= 4 is 17.6 Å². The van der Waals surface area contributed by atoms with Crippen LogP contribution in [0.2, 0.25) is 0 Å². The molecule has 0 fully saturated rings. The quantitative estimate of drug-likeness (QED) is 0.780. The summed E-state index contributed by atoms with van der Waals surface area (Å²) >= 11 is 0. The second kappa shape index (κ2) is 3.63. The van der Waals surface area contributed by atoms with Crippen LogP contribution in [0, 0.1) is 6.92 Å². The average molecular weight is 219 g/mol. The molecule has 2 rings (SSSR count). The molecule has 0 atom stereocenters. The molecule has 16 heavy (non-hydrogen) atoms. The van der Waals surface area contributed by atoms with Crippen molar-refractivity contribution in [1.29, 1.82) is 0 Å². The number of fused-ring (bicyclic) bond motifs is 1. The van der Waals surface area contributed by atoms with E-state index in [1.54, 1.807) is 24.1 Å². The van der Waals surface area contributed by atoms with Crippen molar-refractivity contribution in [2.45, 2.75) is 19.8 Å². The molecule has 84 valence electrons. The predicted octanol–water partition coefficient (Wildman–Crippen LogP) is 1.60. The Morgan fingerprint density at radius 2 is 2.06 bits per heavy atom. The molecule has 1 aromatic rings. The summed E-state index contributed by atoms with van der Waals surface area (Å²) in [6.07, 6.45) is 1.08. The van der Waals surface area contributed by atoms with Crippen LogP contribution in [0.5, 0.6) is 0 Å². The first-order chi connectivity index (χ1) is 7.50. The largest absolute Gasteiger partial charge is 0.478 e. The van der Waals surface area contributed by atoms with Crippen molar-refractivity contribution in [1.82, 2.24) is 0 Å². The fourth-order valence-corrected chi connectivity index (χ4v) is 2.18. The van der Waals surface area contributed by atoms with E-state index in [1.165, 1.54) is 0 Å². The van der Waals surface area contributed by atoms with Crippen LogP contribution in [-0.4, -0.2) is 24.0 Å². The van der Waals surface area contributed by atoms with Gasteiger partial charge in [0.1, 0.15) is 0 Å². The number of aryl methyl sites for hydroxylation is 2. The summed E-state index contributed by atoms with van der Waals surface area (Å²) < 4.78 is 0. The molecule has 0 bridgehead atoms. The Labute approximate surface area is 93.5 Å². The Bertz CT molecular complexity index is 479. The molecule has 0 aliphatic carbocycles. The van der Waals surface area contributed by atoms with Crippen molar-refractivity contribution in [3.05, 3.63) is 28.8 Å². The first-order valence-corrected chi connectivity index (χ1v) is 5.14. The molecular weight excluding hydrogens is 206 g/mol. The third-order valence-corrected chi connectivity index (χ3v) is 2.94. The Hall–Kier alpha value is -1.84. The van der Waals surface area contributed by atoms with Crippen LogP contribution in [0.1, 0.15) is 27.9 Å². The highest BCUT2D eigenvalue weighted by atomic mass is 16.4. The number of hydrogen-bond donors (Lipinski definition) is 1. The molecule has 1 aromatic carbocycles. The topological polar surface area (TPSA) is 57.6 Å². The van der Waals surface area contributed by atoms with Crippen LogP contribution in [0.4, 0.5) is 5.69 Å².